The summed E-state index contributed by atoms with van der Waals surface area (Å²) < 4.78 is 26.2. The van der Waals surface area contributed by atoms with E-state index in [1.54, 1.807) is 0 Å². The SMILES string of the molecule is CC(O)(C(F)F)[C@H](NC(=O)c1ccc(C#CC#Cc2ccc(CN3CCCC3)cc2)cc1)C(=O)NO. The van der Waals surface area contributed by atoms with Crippen LogP contribution in [0.15, 0.2) is 48.5 Å². The lowest BCUT2D eigenvalue weighted by Crippen LogP contribution is -2.61. The van der Waals surface area contributed by atoms with Gasteiger partial charge in [0, 0.05) is 23.2 Å². The fourth-order valence-electron chi connectivity index (χ4n) is 3.69. The Hall–Kier alpha value is -3.76. The smallest absolute Gasteiger partial charge is 0.269 e. The second-order valence-corrected chi connectivity index (χ2v) is 8.67. The van der Waals surface area contributed by atoms with E-state index in [9.17, 15) is 23.5 Å². The first kappa shape index (κ1) is 26.8. The van der Waals surface area contributed by atoms with Crippen molar-refractivity contribution in [2.45, 2.75) is 44.4 Å². The van der Waals surface area contributed by atoms with Crippen LogP contribution in [0.4, 0.5) is 8.78 Å². The van der Waals surface area contributed by atoms with E-state index in [-0.39, 0.29) is 5.56 Å². The molecule has 0 saturated carbocycles. The molecule has 0 aromatic heterocycles. The van der Waals surface area contributed by atoms with Gasteiger partial charge in [-0.25, -0.2) is 14.3 Å². The van der Waals surface area contributed by atoms with Gasteiger partial charge in [0.1, 0.15) is 6.04 Å². The molecule has 1 aliphatic rings. The Morgan fingerprint density at radius 1 is 1.00 bits per heavy atom. The Morgan fingerprint density at radius 3 is 2.03 bits per heavy atom. The van der Waals surface area contributed by atoms with Gasteiger partial charge in [0.2, 0.25) is 0 Å². The summed E-state index contributed by atoms with van der Waals surface area (Å²) in [5, 5.41) is 20.7. The Balaban J connectivity index is 1.60. The number of likely N-dealkylation sites (tertiary alicyclic amines) is 1. The highest BCUT2D eigenvalue weighted by Crippen LogP contribution is 2.20. The van der Waals surface area contributed by atoms with Gasteiger partial charge in [0.05, 0.1) is 0 Å². The van der Waals surface area contributed by atoms with Crippen LogP contribution < -0.4 is 10.8 Å². The minimum absolute atomic E-state index is 0.0430. The first-order chi connectivity index (χ1) is 17.2. The third-order valence-electron chi connectivity index (χ3n) is 5.86. The Labute approximate surface area is 208 Å². The quantitative estimate of drug-likeness (QED) is 0.268. The van der Waals surface area contributed by atoms with E-state index in [0.29, 0.717) is 12.5 Å². The van der Waals surface area contributed by atoms with E-state index in [4.69, 9.17) is 5.21 Å². The number of carbonyl (C=O) groups excluding carboxylic acids is 2. The van der Waals surface area contributed by atoms with Crippen molar-refractivity contribution in [1.29, 1.82) is 0 Å². The molecule has 36 heavy (non-hydrogen) atoms. The van der Waals surface area contributed by atoms with Crippen molar-refractivity contribution in [1.82, 2.24) is 15.7 Å². The predicted octanol–water partition coefficient (Wildman–Crippen LogP) is 2.31. The number of rotatable bonds is 7. The molecule has 1 aliphatic heterocycles. The molecule has 0 bridgehead atoms. The highest BCUT2D eigenvalue weighted by molar-refractivity contribution is 5.97. The summed E-state index contributed by atoms with van der Waals surface area (Å²) >= 11 is 0. The second kappa shape index (κ2) is 12.3. The first-order valence-corrected chi connectivity index (χ1v) is 11.4. The molecule has 0 aliphatic carbocycles. The number of aliphatic hydroxyl groups is 1. The average molecular weight is 496 g/mol. The van der Waals surface area contributed by atoms with Crippen LogP contribution in [0, 0.1) is 23.7 Å². The second-order valence-electron chi connectivity index (χ2n) is 8.67. The standard InChI is InChI=1S/C27H27F2N3O4/c1-27(35,26(28)29)23(25(34)31-36)30-24(33)22-14-12-20(13-15-22)7-3-2-6-19-8-10-21(11-9-19)18-32-16-4-5-17-32/h8-15,23,26,35-36H,4-5,16-18H2,1H3,(H,30,33)(H,31,34)/t23-,27?/m1/s1. The third kappa shape index (κ3) is 7.12. The van der Waals surface area contributed by atoms with Gasteiger partial charge in [-0.1, -0.05) is 24.0 Å². The maximum Gasteiger partial charge on any atom is 0.269 e. The summed E-state index contributed by atoms with van der Waals surface area (Å²) in [6.45, 7) is 3.92. The highest BCUT2D eigenvalue weighted by Gasteiger charge is 2.46. The van der Waals surface area contributed by atoms with E-state index in [1.807, 2.05) is 17.4 Å². The predicted molar refractivity (Wildman–Crippen MR) is 129 cm³/mol. The van der Waals surface area contributed by atoms with Crippen molar-refractivity contribution in [3.05, 3.63) is 70.8 Å². The van der Waals surface area contributed by atoms with E-state index < -0.39 is 29.9 Å². The molecule has 4 N–H and O–H groups in total. The molecule has 2 amide bonds. The number of nitrogens with zero attached hydrogens (tertiary/aromatic N) is 1. The molecule has 1 heterocycles. The van der Waals surface area contributed by atoms with E-state index in [2.05, 4.69) is 40.7 Å². The van der Waals surface area contributed by atoms with E-state index in [0.717, 1.165) is 25.2 Å². The van der Waals surface area contributed by atoms with Gasteiger partial charge in [0.15, 0.2) is 5.60 Å². The van der Waals surface area contributed by atoms with E-state index in [1.165, 1.54) is 48.2 Å². The van der Waals surface area contributed by atoms with Crippen molar-refractivity contribution in [2.75, 3.05) is 13.1 Å². The van der Waals surface area contributed by atoms with Crippen LogP contribution >= 0.6 is 0 Å². The zero-order chi connectivity index (χ0) is 26.1. The van der Waals surface area contributed by atoms with E-state index >= 15 is 0 Å². The molecular formula is C27H27F2N3O4. The third-order valence-corrected chi connectivity index (χ3v) is 5.86. The maximum absolute atomic E-state index is 13.1. The fourth-order valence-corrected chi connectivity index (χ4v) is 3.69. The molecule has 0 spiro atoms. The summed E-state index contributed by atoms with van der Waals surface area (Å²) in [6.07, 6.45) is -0.842. The van der Waals surface area contributed by atoms with Crippen molar-refractivity contribution in [3.8, 4) is 23.7 Å². The number of hydroxylamine groups is 1. The van der Waals surface area contributed by atoms with Gasteiger partial charge in [-0.2, -0.15) is 0 Å². The van der Waals surface area contributed by atoms with Gasteiger partial charge in [-0.3, -0.25) is 19.7 Å². The molecule has 2 aromatic rings. The normalized spacial score (nSPS) is 15.6. The number of halogens is 2. The summed E-state index contributed by atoms with van der Waals surface area (Å²) in [5.74, 6) is 9.09. The molecule has 0 radical (unpaired) electrons. The zero-order valence-corrected chi connectivity index (χ0v) is 19.7. The zero-order valence-electron chi connectivity index (χ0n) is 19.7. The lowest BCUT2D eigenvalue weighted by atomic mass is 9.95. The summed E-state index contributed by atoms with van der Waals surface area (Å²) in [5.41, 5.74) is 0.970. The Bertz CT molecular complexity index is 1180. The molecule has 3 rings (SSSR count). The van der Waals surface area contributed by atoms with Gasteiger partial charge in [-0.15, -0.1) is 0 Å². The maximum atomic E-state index is 13.1. The Morgan fingerprint density at radius 2 is 1.53 bits per heavy atom. The molecule has 188 valence electrons. The molecular weight excluding hydrogens is 468 g/mol. The molecule has 9 heteroatoms. The van der Waals surface area contributed by atoms with Gasteiger partial charge >= 0.3 is 0 Å². The number of carbonyl (C=O) groups is 2. The lowest BCUT2D eigenvalue weighted by Gasteiger charge is -2.30. The number of nitrogens with one attached hydrogen (secondary N) is 2. The van der Waals surface area contributed by atoms with Crippen LogP contribution in [0.5, 0.6) is 0 Å². The van der Waals surface area contributed by atoms with Crippen LogP contribution in [0.25, 0.3) is 0 Å². The monoisotopic (exact) mass is 495 g/mol. The Kier molecular flexibility index (Phi) is 9.15. The summed E-state index contributed by atoms with van der Waals surface area (Å²) in [4.78, 5) is 26.6. The fraction of sp³-hybridized carbons (Fsp3) is 0.333. The van der Waals surface area contributed by atoms with Crippen molar-refractivity contribution >= 4 is 11.8 Å². The molecule has 2 aromatic carbocycles. The minimum Gasteiger partial charge on any atom is -0.381 e. The lowest BCUT2D eigenvalue weighted by molar-refractivity contribution is -0.149. The van der Waals surface area contributed by atoms with Crippen LogP contribution in [0.1, 0.15) is 46.8 Å². The van der Waals surface area contributed by atoms with Crippen LogP contribution in [-0.2, 0) is 11.3 Å². The van der Waals surface area contributed by atoms with Crippen LogP contribution in [-0.4, -0.2) is 58.2 Å². The van der Waals surface area contributed by atoms with Crippen LogP contribution in [0.3, 0.4) is 0 Å². The molecule has 1 unspecified atom stereocenters. The molecule has 7 nitrogen and oxygen atoms in total. The summed E-state index contributed by atoms with van der Waals surface area (Å²) in [7, 11) is 0. The number of hydrogen-bond donors (Lipinski definition) is 4. The topological polar surface area (TPSA) is 102 Å². The van der Waals surface area contributed by atoms with Crippen LogP contribution in [0.2, 0.25) is 0 Å². The van der Waals surface area contributed by atoms with Gasteiger partial charge in [-0.05, 0) is 86.7 Å². The number of amides is 2. The summed E-state index contributed by atoms with van der Waals surface area (Å²) in [6, 6.07) is 11.8. The van der Waals surface area contributed by atoms with Crippen molar-refractivity contribution in [2.24, 2.45) is 0 Å². The number of alkyl halides is 2. The van der Waals surface area contributed by atoms with Gasteiger partial charge in [0.25, 0.3) is 18.2 Å². The first-order valence-electron chi connectivity index (χ1n) is 11.4. The van der Waals surface area contributed by atoms with Gasteiger partial charge < -0.3 is 10.4 Å². The highest BCUT2D eigenvalue weighted by atomic mass is 19.3. The number of hydrogen-bond acceptors (Lipinski definition) is 5. The molecule has 2 atom stereocenters. The molecule has 1 fully saturated rings. The van der Waals surface area contributed by atoms with Crippen molar-refractivity contribution < 1.29 is 28.7 Å². The average Bonchev–Trinajstić information content (AvgIpc) is 3.38. The minimum atomic E-state index is -3.35. The molecule has 1 saturated heterocycles. The van der Waals surface area contributed by atoms with Crippen molar-refractivity contribution in [3.63, 3.8) is 0 Å². The number of benzene rings is 2. The largest absolute Gasteiger partial charge is 0.381 e.